The van der Waals surface area contributed by atoms with Crippen LogP contribution in [0.2, 0.25) is 0 Å². The van der Waals surface area contributed by atoms with Gasteiger partial charge < -0.3 is 14.6 Å². The quantitative estimate of drug-likeness (QED) is 0.229. The van der Waals surface area contributed by atoms with E-state index in [2.05, 4.69) is 10.1 Å². The van der Waals surface area contributed by atoms with Crippen molar-refractivity contribution in [3.05, 3.63) is 102 Å². The van der Waals surface area contributed by atoms with Gasteiger partial charge in [0.15, 0.2) is 6.29 Å². The molecule has 0 unspecified atom stereocenters. The molecule has 2 atom stereocenters. The maximum atomic E-state index is 13.1. The molecule has 0 saturated carbocycles. The number of aromatic nitrogens is 3. The van der Waals surface area contributed by atoms with Gasteiger partial charge in [-0.1, -0.05) is 49.4 Å². The highest BCUT2D eigenvalue weighted by Crippen LogP contribution is 2.39. The highest BCUT2D eigenvalue weighted by atomic mass is 32.2. The lowest BCUT2D eigenvalue weighted by Crippen LogP contribution is -2.43. The molecule has 13 heteroatoms. The van der Waals surface area contributed by atoms with Gasteiger partial charge in [-0.15, -0.1) is 11.8 Å². The lowest BCUT2D eigenvalue weighted by atomic mass is 9.90. The minimum Gasteiger partial charge on any atom is -0.382 e. The van der Waals surface area contributed by atoms with Gasteiger partial charge in [0.05, 0.1) is 36.1 Å². The van der Waals surface area contributed by atoms with E-state index in [4.69, 9.17) is 9.47 Å². The molecule has 2 heterocycles. The van der Waals surface area contributed by atoms with Crippen LogP contribution < -0.4 is 0 Å². The van der Waals surface area contributed by atoms with E-state index in [1.165, 1.54) is 53.4 Å². The fraction of sp³-hybridized carbons (Fsp3) is 0.357. The number of halogens is 6. The first-order chi connectivity index (χ1) is 19.3. The lowest BCUT2D eigenvalue weighted by Gasteiger charge is -2.37. The van der Waals surface area contributed by atoms with E-state index in [-0.39, 0.29) is 11.8 Å². The Labute approximate surface area is 236 Å². The van der Waals surface area contributed by atoms with Gasteiger partial charge in [0.2, 0.25) is 0 Å². The molecule has 1 aliphatic rings. The molecular formula is C28H27F6N3O3S. The van der Waals surface area contributed by atoms with Crippen molar-refractivity contribution in [2.45, 2.75) is 48.2 Å². The number of hydrogen-bond acceptors (Lipinski definition) is 6. The summed E-state index contributed by atoms with van der Waals surface area (Å²) in [7, 11) is 0. The van der Waals surface area contributed by atoms with Gasteiger partial charge in [0.25, 0.3) is 0 Å². The lowest BCUT2D eigenvalue weighted by molar-refractivity contribution is -0.146. The zero-order valence-corrected chi connectivity index (χ0v) is 22.5. The summed E-state index contributed by atoms with van der Waals surface area (Å²) in [6, 6.07) is 9.19. The van der Waals surface area contributed by atoms with Crippen molar-refractivity contribution >= 4 is 17.8 Å². The van der Waals surface area contributed by atoms with Crippen LogP contribution in [-0.2, 0) is 34.0 Å². The van der Waals surface area contributed by atoms with E-state index in [0.717, 1.165) is 24.3 Å². The highest BCUT2D eigenvalue weighted by Gasteiger charge is 2.40. The van der Waals surface area contributed by atoms with Crippen LogP contribution in [0.5, 0.6) is 0 Å². The van der Waals surface area contributed by atoms with Gasteiger partial charge in [0, 0.05) is 5.25 Å². The van der Waals surface area contributed by atoms with E-state index in [1.54, 1.807) is 31.2 Å². The second-order valence-electron chi connectivity index (χ2n) is 9.39. The third-order valence-corrected chi connectivity index (χ3v) is 7.90. The van der Waals surface area contributed by atoms with E-state index in [9.17, 15) is 31.4 Å². The Balaban J connectivity index is 1.34. The van der Waals surface area contributed by atoms with Crippen LogP contribution in [-0.4, -0.2) is 49.9 Å². The van der Waals surface area contributed by atoms with E-state index in [0.29, 0.717) is 24.3 Å². The van der Waals surface area contributed by atoms with Crippen LogP contribution in [0.1, 0.15) is 29.2 Å². The van der Waals surface area contributed by atoms with Gasteiger partial charge in [0.1, 0.15) is 18.3 Å². The van der Waals surface area contributed by atoms with Crippen LogP contribution in [0.3, 0.4) is 0 Å². The van der Waals surface area contributed by atoms with Crippen LogP contribution in [0.25, 0.3) is 6.08 Å². The molecule has 3 aromatic rings. The van der Waals surface area contributed by atoms with Gasteiger partial charge in [-0.25, -0.2) is 9.67 Å². The molecule has 0 spiro atoms. The van der Waals surface area contributed by atoms with E-state index in [1.807, 2.05) is 0 Å². The first-order valence-electron chi connectivity index (χ1n) is 12.5. The Morgan fingerprint density at radius 2 is 1.49 bits per heavy atom. The molecule has 2 aromatic carbocycles. The number of alkyl halides is 6. The molecule has 41 heavy (non-hydrogen) atoms. The van der Waals surface area contributed by atoms with Crippen LogP contribution in [0.15, 0.2) is 79.4 Å². The van der Waals surface area contributed by atoms with Crippen molar-refractivity contribution in [2.24, 2.45) is 0 Å². The molecule has 0 amide bonds. The molecular weight excluding hydrogens is 572 g/mol. The van der Waals surface area contributed by atoms with E-state index >= 15 is 0 Å². The van der Waals surface area contributed by atoms with Gasteiger partial charge in [-0.2, -0.15) is 31.4 Å². The Bertz CT molecular complexity index is 1300. The predicted octanol–water partition coefficient (Wildman–Crippen LogP) is 6.34. The van der Waals surface area contributed by atoms with Crippen molar-refractivity contribution in [3.8, 4) is 0 Å². The maximum Gasteiger partial charge on any atom is 0.416 e. The van der Waals surface area contributed by atoms with Crippen molar-refractivity contribution in [3.63, 3.8) is 0 Å². The molecule has 0 aliphatic carbocycles. The number of hydrogen-bond donors (Lipinski definition) is 1. The normalized spacial score (nSPS) is 20.9. The number of allylic oxidation sites excluding steroid dienone is 2. The number of nitrogens with zero attached hydrogens (tertiary/aromatic N) is 3. The van der Waals surface area contributed by atoms with Crippen molar-refractivity contribution in [2.75, 3.05) is 13.2 Å². The Hall–Kier alpha value is -3.13. The molecule has 0 radical (unpaired) electrons. The van der Waals surface area contributed by atoms with Crippen molar-refractivity contribution < 1.29 is 40.9 Å². The zero-order chi connectivity index (χ0) is 29.7. The highest BCUT2D eigenvalue weighted by molar-refractivity contribution is 8.00. The first-order valence-corrected chi connectivity index (χ1v) is 13.4. The minimum absolute atomic E-state index is 0.0302. The number of benzene rings is 2. The Kier molecular flexibility index (Phi) is 9.62. The van der Waals surface area contributed by atoms with Crippen LogP contribution in [0, 0.1) is 0 Å². The molecule has 4 rings (SSSR count). The topological polar surface area (TPSA) is 69.4 Å². The SMILES string of the molecule is C[C@@H](SC1COC(C=CC=Cc2ccc(C(F)(F)F)cc2)OC1)[C@](O)(Cn1cncn1)c1ccc(C(F)(F)F)cc1. The average Bonchev–Trinajstić information content (AvgIpc) is 3.44. The van der Waals surface area contributed by atoms with Crippen LogP contribution >= 0.6 is 11.8 Å². The second kappa shape index (κ2) is 12.8. The molecule has 220 valence electrons. The summed E-state index contributed by atoms with van der Waals surface area (Å²) >= 11 is 1.38. The monoisotopic (exact) mass is 599 g/mol. The van der Waals surface area contributed by atoms with Crippen molar-refractivity contribution in [1.29, 1.82) is 0 Å². The smallest absolute Gasteiger partial charge is 0.382 e. The molecule has 1 fully saturated rings. The van der Waals surface area contributed by atoms with Gasteiger partial charge in [-0.3, -0.25) is 0 Å². The van der Waals surface area contributed by atoms with Gasteiger partial charge >= 0.3 is 12.4 Å². The summed E-state index contributed by atoms with van der Waals surface area (Å²) in [5.41, 5.74) is -2.20. The molecule has 1 aromatic heterocycles. The minimum atomic E-state index is -4.50. The summed E-state index contributed by atoms with van der Waals surface area (Å²) in [5.74, 6) is 0. The predicted molar refractivity (Wildman–Crippen MR) is 142 cm³/mol. The number of thioether (sulfide) groups is 1. The molecule has 0 bridgehead atoms. The summed E-state index contributed by atoms with van der Waals surface area (Å²) in [5, 5.41) is 15.1. The fourth-order valence-corrected chi connectivity index (χ4v) is 5.49. The molecule has 1 saturated heterocycles. The largest absolute Gasteiger partial charge is 0.416 e. The maximum absolute atomic E-state index is 13.1. The first kappa shape index (κ1) is 30.8. The molecule has 6 nitrogen and oxygen atoms in total. The number of aliphatic hydroxyl groups is 1. The summed E-state index contributed by atoms with van der Waals surface area (Å²) in [6.07, 6.45) is -0.157. The van der Waals surface area contributed by atoms with Gasteiger partial charge in [-0.05, 0) is 41.5 Å². The number of rotatable bonds is 9. The Morgan fingerprint density at radius 3 is 2.02 bits per heavy atom. The fourth-order valence-electron chi connectivity index (χ4n) is 4.16. The number of ether oxygens (including phenoxy) is 2. The van der Waals surface area contributed by atoms with Crippen LogP contribution in [0.4, 0.5) is 26.3 Å². The molecule has 1 aliphatic heterocycles. The molecule has 1 N–H and O–H groups in total. The second-order valence-corrected chi connectivity index (χ2v) is 11.0. The van der Waals surface area contributed by atoms with E-state index < -0.39 is 40.6 Å². The zero-order valence-electron chi connectivity index (χ0n) is 21.7. The standard InChI is InChI=1S/C28H27F6N3O3S/c1-19(26(38,16-37-18-35-17-36-37)21-10-12-23(13-11-21)28(32,33)34)41-24-14-39-25(40-15-24)5-3-2-4-20-6-8-22(9-7-20)27(29,30)31/h2-13,17-19,24-25,38H,14-16H2,1H3/t19-,24?,25?,26-/m1/s1. The summed E-state index contributed by atoms with van der Waals surface area (Å²) < 4.78 is 90.2. The summed E-state index contributed by atoms with van der Waals surface area (Å²) in [4.78, 5) is 3.88. The Morgan fingerprint density at radius 1 is 0.927 bits per heavy atom. The van der Waals surface area contributed by atoms with Crippen molar-refractivity contribution in [1.82, 2.24) is 14.8 Å². The third kappa shape index (κ3) is 8.22. The summed E-state index contributed by atoms with van der Waals surface area (Å²) in [6.45, 7) is 2.33. The third-order valence-electron chi connectivity index (χ3n) is 6.45. The average molecular weight is 600 g/mol.